The van der Waals surface area contributed by atoms with E-state index in [4.69, 9.17) is 21.4 Å². The number of hydrogen-bond donors (Lipinski definition) is 1. The van der Waals surface area contributed by atoms with Gasteiger partial charge in [-0.25, -0.2) is 0 Å². The summed E-state index contributed by atoms with van der Waals surface area (Å²) in [6.07, 6.45) is 0.0758. The number of benzene rings is 2. The Morgan fingerprint density at radius 1 is 1.24 bits per heavy atom. The quantitative estimate of drug-likeness (QED) is 0.879. The number of ether oxygens (including phenoxy) is 1. The fourth-order valence-corrected chi connectivity index (χ4v) is 2.91. The van der Waals surface area contributed by atoms with E-state index in [9.17, 15) is 9.59 Å². The minimum atomic E-state index is -0.919. The summed E-state index contributed by atoms with van der Waals surface area (Å²) in [7, 11) is 0. The van der Waals surface area contributed by atoms with Crippen LogP contribution in [-0.4, -0.2) is 28.4 Å². The first-order chi connectivity index (χ1) is 11.9. The van der Waals surface area contributed by atoms with Crippen LogP contribution in [-0.2, 0) is 16.1 Å². The average molecular weight is 360 g/mol. The number of amides is 1. The van der Waals surface area contributed by atoms with Gasteiger partial charge in [-0.3, -0.25) is 9.59 Å². The second kappa shape index (κ2) is 7.15. The number of carboxylic acids is 1. The number of rotatable bonds is 5. The highest BCUT2D eigenvalue weighted by Gasteiger charge is 2.33. The smallest absolute Gasteiger partial charge is 0.308 e. The molecule has 5 nitrogen and oxygen atoms in total. The van der Waals surface area contributed by atoms with Crippen molar-refractivity contribution in [1.82, 2.24) is 4.90 Å². The third-order valence-electron chi connectivity index (χ3n) is 4.23. The van der Waals surface area contributed by atoms with Gasteiger partial charge in [-0.1, -0.05) is 23.7 Å². The lowest BCUT2D eigenvalue weighted by atomic mass is 10.1. The SMILES string of the molecule is Cc1cc(Oc2ccc(CN3CC(C(=O)O)CC3=O)cc2)ccc1Cl. The molecular formula is C19H18ClNO4. The molecule has 1 aliphatic rings. The highest BCUT2D eigenvalue weighted by molar-refractivity contribution is 6.31. The van der Waals surface area contributed by atoms with Crippen LogP contribution in [0.4, 0.5) is 0 Å². The molecule has 1 aliphatic heterocycles. The summed E-state index contributed by atoms with van der Waals surface area (Å²) in [5, 5.41) is 9.72. The van der Waals surface area contributed by atoms with E-state index in [0.29, 0.717) is 23.1 Å². The zero-order valence-electron chi connectivity index (χ0n) is 13.7. The summed E-state index contributed by atoms with van der Waals surface area (Å²) in [6, 6.07) is 12.9. The lowest BCUT2D eigenvalue weighted by Gasteiger charge is -2.16. The highest BCUT2D eigenvalue weighted by Crippen LogP contribution is 2.27. The summed E-state index contributed by atoms with van der Waals surface area (Å²) in [5.41, 5.74) is 1.87. The van der Waals surface area contributed by atoms with Crippen molar-refractivity contribution in [3.63, 3.8) is 0 Å². The van der Waals surface area contributed by atoms with Gasteiger partial charge < -0.3 is 14.7 Å². The summed E-state index contributed by atoms with van der Waals surface area (Å²) >= 11 is 6.00. The van der Waals surface area contributed by atoms with Crippen molar-refractivity contribution in [1.29, 1.82) is 0 Å². The molecule has 0 aromatic heterocycles. The third kappa shape index (κ3) is 4.12. The van der Waals surface area contributed by atoms with Crippen molar-refractivity contribution in [3.8, 4) is 11.5 Å². The molecule has 2 aromatic carbocycles. The molecule has 0 saturated carbocycles. The van der Waals surface area contributed by atoms with Crippen LogP contribution in [0.2, 0.25) is 5.02 Å². The number of carbonyl (C=O) groups excluding carboxylic acids is 1. The summed E-state index contributed by atoms with van der Waals surface area (Å²) in [4.78, 5) is 24.5. The zero-order valence-corrected chi connectivity index (χ0v) is 14.5. The second-order valence-corrected chi connectivity index (χ2v) is 6.58. The van der Waals surface area contributed by atoms with Crippen LogP contribution in [0.1, 0.15) is 17.5 Å². The van der Waals surface area contributed by atoms with Gasteiger partial charge in [0.25, 0.3) is 0 Å². The van der Waals surface area contributed by atoms with E-state index < -0.39 is 11.9 Å². The summed E-state index contributed by atoms with van der Waals surface area (Å²) in [6.45, 7) is 2.58. The van der Waals surface area contributed by atoms with Crippen LogP contribution in [0.15, 0.2) is 42.5 Å². The third-order valence-corrected chi connectivity index (χ3v) is 4.65. The molecule has 0 spiro atoms. The van der Waals surface area contributed by atoms with Crippen molar-refractivity contribution < 1.29 is 19.4 Å². The molecule has 1 saturated heterocycles. The number of nitrogens with zero attached hydrogens (tertiary/aromatic N) is 1. The monoisotopic (exact) mass is 359 g/mol. The Balaban J connectivity index is 1.63. The molecule has 1 fully saturated rings. The molecule has 2 aromatic rings. The molecule has 6 heteroatoms. The number of aliphatic carboxylic acids is 1. The summed E-state index contributed by atoms with van der Waals surface area (Å²) in [5.74, 6) is -0.263. The van der Waals surface area contributed by atoms with Gasteiger partial charge in [0.1, 0.15) is 11.5 Å². The average Bonchev–Trinajstić information content (AvgIpc) is 2.94. The maximum Gasteiger partial charge on any atom is 0.308 e. The number of likely N-dealkylation sites (tertiary alicyclic amines) is 1. The molecule has 25 heavy (non-hydrogen) atoms. The molecule has 1 atom stereocenters. The number of hydrogen-bond acceptors (Lipinski definition) is 3. The predicted octanol–water partition coefficient (Wildman–Crippen LogP) is 3.87. The Labute approximate surface area is 150 Å². The van der Waals surface area contributed by atoms with Crippen LogP contribution >= 0.6 is 11.6 Å². The maximum absolute atomic E-state index is 11.9. The first-order valence-corrected chi connectivity index (χ1v) is 8.33. The normalized spacial score (nSPS) is 17.0. The topological polar surface area (TPSA) is 66.8 Å². The molecular weight excluding hydrogens is 342 g/mol. The molecule has 1 heterocycles. The van der Waals surface area contributed by atoms with Gasteiger partial charge in [0.15, 0.2) is 0 Å². The highest BCUT2D eigenvalue weighted by atomic mass is 35.5. The molecule has 3 rings (SSSR count). The van der Waals surface area contributed by atoms with Crippen LogP contribution in [0.3, 0.4) is 0 Å². The van der Waals surface area contributed by atoms with E-state index in [0.717, 1.165) is 11.1 Å². The van der Waals surface area contributed by atoms with Gasteiger partial charge in [-0.2, -0.15) is 0 Å². The lowest BCUT2D eigenvalue weighted by Crippen LogP contribution is -2.25. The van der Waals surface area contributed by atoms with Crippen LogP contribution in [0.5, 0.6) is 11.5 Å². The van der Waals surface area contributed by atoms with Gasteiger partial charge >= 0.3 is 5.97 Å². The molecule has 0 radical (unpaired) electrons. The Hall–Kier alpha value is -2.53. The van der Waals surface area contributed by atoms with Gasteiger partial charge in [0, 0.05) is 24.5 Å². The van der Waals surface area contributed by atoms with Crippen molar-refractivity contribution in [2.75, 3.05) is 6.54 Å². The summed E-state index contributed by atoms with van der Waals surface area (Å²) < 4.78 is 5.79. The van der Waals surface area contributed by atoms with Gasteiger partial charge in [-0.05, 0) is 48.4 Å². The van der Waals surface area contributed by atoms with Crippen molar-refractivity contribution in [3.05, 3.63) is 58.6 Å². The van der Waals surface area contributed by atoms with Crippen molar-refractivity contribution >= 4 is 23.5 Å². The molecule has 1 unspecified atom stereocenters. The van der Waals surface area contributed by atoms with Crippen LogP contribution < -0.4 is 4.74 Å². The second-order valence-electron chi connectivity index (χ2n) is 6.17. The van der Waals surface area contributed by atoms with E-state index in [2.05, 4.69) is 0 Å². The van der Waals surface area contributed by atoms with E-state index in [1.807, 2.05) is 37.3 Å². The lowest BCUT2D eigenvalue weighted by molar-refractivity contribution is -0.141. The molecule has 0 bridgehead atoms. The van der Waals surface area contributed by atoms with Crippen LogP contribution in [0.25, 0.3) is 0 Å². The zero-order chi connectivity index (χ0) is 18.0. The van der Waals surface area contributed by atoms with Gasteiger partial charge in [0.05, 0.1) is 5.92 Å². The number of carbonyl (C=O) groups is 2. The van der Waals surface area contributed by atoms with Gasteiger partial charge in [0.2, 0.25) is 5.91 Å². The standard InChI is InChI=1S/C19H18ClNO4/c1-12-8-16(6-7-17(12)20)25-15-4-2-13(3-5-15)10-21-11-14(19(23)24)9-18(21)22/h2-8,14H,9-11H2,1H3,(H,23,24). The molecule has 130 valence electrons. The minimum Gasteiger partial charge on any atom is -0.481 e. The fourth-order valence-electron chi connectivity index (χ4n) is 2.79. The maximum atomic E-state index is 11.9. The molecule has 1 N–H and O–H groups in total. The number of aryl methyl sites for hydroxylation is 1. The first-order valence-electron chi connectivity index (χ1n) is 7.96. The van der Waals surface area contributed by atoms with E-state index >= 15 is 0 Å². The van der Waals surface area contributed by atoms with Crippen LogP contribution in [0, 0.1) is 12.8 Å². The Morgan fingerprint density at radius 2 is 1.92 bits per heavy atom. The van der Waals surface area contributed by atoms with E-state index in [1.165, 1.54) is 0 Å². The number of halogens is 1. The Morgan fingerprint density at radius 3 is 2.52 bits per heavy atom. The Kier molecular flexibility index (Phi) is 4.95. The molecule has 0 aliphatic carbocycles. The molecule has 1 amide bonds. The first kappa shape index (κ1) is 17.3. The van der Waals surface area contributed by atoms with E-state index in [-0.39, 0.29) is 18.9 Å². The predicted molar refractivity (Wildman–Crippen MR) is 93.9 cm³/mol. The Bertz CT molecular complexity index is 804. The van der Waals surface area contributed by atoms with Gasteiger partial charge in [-0.15, -0.1) is 0 Å². The van der Waals surface area contributed by atoms with Crippen molar-refractivity contribution in [2.24, 2.45) is 5.92 Å². The number of carboxylic acid groups (broad SMARTS) is 1. The minimum absolute atomic E-state index is 0.0758. The fraction of sp³-hybridized carbons (Fsp3) is 0.263. The van der Waals surface area contributed by atoms with E-state index in [1.54, 1.807) is 17.0 Å². The largest absolute Gasteiger partial charge is 0.481 e. The van der Waals surface area contributed by atoms with Crippen molar-refractivity contribution in [2.45, 2.75) is 19.9 Å².